The van der Waals surface area contributed by atoms with Crippen molar-refractivity contribution >= 4 is 25.7 Å². The van der Waals surface area contributed by atoms with Crippen molar-refractivity contribution in [1.29, 1.82) is 0 Å². The van der Waals surface area contributed by atoms with Crippen molar-refractivity contribution in [2.24, 2.45) is 0 Å². The predicted molar refractivity (Wildman–Crippen MR) is 93.7 cm³/mol. The zero-order valence-electron chi connectivity index (χ0n) is 14.1. The van der Waals surface area contributed by atoms with Crippen LogP contribution in [-0.2, 0) is 20.0 Å². The topological polar surface area (TPSA) is 83.6 Å². The molecule has 0 aromatic heterocycles. The van der Waals surface area contributed by atoms with Gasteiger partial charge in [0.05, 0.1) is 9.79 Å². The largest absolute Gasteiger partial charge is 0.280 e. The fraction of sp³-hybridized carbons (Fsp3) is 0.250. The van der Waals surface area contributed by atoms with E-state index in [1.807, 2.05) is 0 Å². The Morgan fingerprint density at radius 3 is 1.81 bits per heavy atom. The average molecular weight is 404 g/mol. The van der Waals surface area contributed by atoms with Gasteiger partial charge < -0.3 is 0 Å². The van der Waals surface area contributed by atoms with E-state index < -0.39 is 36.6 Å². The van der Waals surface area contributed by atoms with Crippen molar-refractivity contribution in [1.82, 2.24) is 4.31 Å². The lowest BCUT2D eigenvalue weighted by Crippen LogP contribution is -2.30. The number of hydrogen-bond donors (Lipinski definition) is 1. The van der Waals surface area contributed by atoms with Crippen LogP contribution in [0.3, 0.4) is 0 Å². The second-order valence-corrected chi connectivity index (χ2v) is 8.94. The van der Waals surface area contributed by atoms with Gasteiger partial charge in [0.25, 0.3) is 10.0 Å². The lowest BCUT2D eigenvalue weighted by atomic mass is 10.3. The highest BCUT2D eigenvalue weighted by Gasteiger charge is 2.22. The molecular weight excluding hydrogens is 386 g/mol. The highest BCUT2D eigenvalue weighted by molar-refractivity contribution is 7.92. The number of hydrogen-bond acceptors (Lipinski definition) is 4. The molecule has 1 N–H and O–H groups in total. The molecule has 2 aromatic rings. The molecule has 0 heterocycles. The molecule has 0 atom stereocenters. The third-order valence-electron chi connectivity index (χ3n) is 3.60. The van der Waals surface area contributed by atoms with Crippen molar-refractivity contribution in [3.63, 3.8) is 0 Å². The molecule has 0 saturated heterocycles. The first-order valence-electron chi connectivity index (χ1n) is 7.69. The number of sulfonamides is 2. The van der Waals surface area contributed by atoms with Crippen LogP contribution >= 0.6 is 0 Å². The van der Waals surface area contributed by atoms with Gasteiger partial charge in [0, 0.05) is 24.8 Å². The molecule has 0 aliphatic rings. The van der Waals surface area contributed by atoms with Crippen molar-refractivity contribution in [2.75, 3.05) is 17.8 Å². The normalized spacial score (nSPS) is 12.3. The van der Waals surface area contributed by atoms with Crippen molar-refractivity contribution < 1.29 is 25.6 Å². The van der Waals surface area contributed by atoms with E-state index in [0.717, 1.165) is 0 Å². The van der Waals surface area contributed by atoms with E-state index >= 15 is 0 Å². The lowest BCUT2D eigenvalue weighted by Gasteiger charge is -2.18. The van der Waals surface area contributed by atoms with Gasteiger partial charge in [-0.3, -0.25) is 4.72 Å². The van der Waals surface area contributed by atoms with Gasteiger partial charge in [0.2, 0.25) is 10.0 Å². The summed E-state index contributed by atoms with van der Waals surface area (Å²) in [6.07, 6.45) is 0. The molecule has 0 fully saturated rings. The van der Waals surface area contributed by atoms with Crippen LogP contribution in [0.4, 0.5) is 14.5 Å². The first-order valence-corrected chi connectivity index (χ1v) is 10.6. The number of nitrogens with zero attached hydrogens (tertiary/aromatic N) is 1. The molecule has 2 aromatic carbocycles. The third kappa shape index (κ3) is 4.37. The van der Waals surface area contributed by atoms with Crippen LogP contribution in [-0.4, -0.2) is 34.2 Å². The predicted octanol–water partition coefficient (Wildman–Crippen LogP) is 2.80. The molecule has 0 bridgehead atoms. The minimum atomic E-state index is -4.22. The highest BCUT2D eigenvalue weighted by Crippen LogP contribution is 2.21. The summed E-state index contributed by atoms with van der Waals surface area (Å²) >= 11 is 0. The van der Waals surface area contributed by atoms with Crippen molar-refractivity contribution in [3.8, 4) is 0 Å². The van der Waals surface area contributed by atoms with Gasteiger partial charge in [0.1, 0.15) is 11.6 Å². The van der Waals surface area contributed by atoms with E-state index in [4.69, 9.17) is 0 Å². The molecule has 0 aliphatic carbocycles. The van der Waals surface area contributed by atoms with E-state index in [2.05, 4.69) is 4.72 Å². The van der Waals surface area contributed by atoms with Crippen LogP contribution in [0.2, 0.25) is 0 Å². The minimum absolute atomic E-state index is 0.0148. The van der Waals surface area contributed by atoms with E-state index in [9.17, 15) is 25.6 Å². The summed E-state index contributed by atoms with van der Waals surface area (Å²) in [5.74, 6) is -2.04. The molecule has 0 spiro atoms. The average Bonchev–Trinajstić information content (AvgIpc) is 2.55. The van der Waals surface area contributed by atoms with Gasteiger partial charge in [-0.25, -0.2) is 25.6 Å². The molecule has 0 amide bonds. The summed E-state index contributed by atoms with van der Waals surface area (Å²) in [4.78, 5) is -0.559. The molecule has 26 heavy (non-hydrogen) atoms. The Bertz CT molecular complexity index is 967. The molecule has 142 valence electrons. The lowest BCUT2D eigenvalue weighted by molar-refractivity contribution is 0.445. The molecule has 0 saturated carbocycles. The summed E-state index contributed by atoms with van der Waals surface area (Å²) in [6, 6.07) is 6.99. The molecule has 0 unspecified atom stereocenters. The Kier molecular flexibility index (Phi) is 5.99. The van der Waals surface area contributed by atoms with Crippen LogP contribution < -0.4 is 4.72 Å². The zero-order valence-corrected chi connectivity index (χ0v) is 15.7. The molecular formula is C16H18F2N2O4S2. The van der Waals surface area contributed by atoms with Crippen molar-refractivity contribution in [3.05, 3.63) is 54.1 Å². The Balaban J connectivity index is 2.29. The maximum atomic E-state index is 13.2. The second-order valence-electron chi connectivity index (χ2n) is 5.32. The summed E-state index contributed by atoms with van der Waals surface area (Å²) < 4.78 is 79.1. The van der Waals surface area contributed by atoms with Crippen LogP contribution in [0, 0.1) is 11.6 Å². The first kappa shape index (κ1) is 20.3. The number of nitrogens with one attached hydrogen (secondary N) is 1. The smallest absolute Gasteiger partial charge is 0.262 e. The maximum absolute atomic E-state index is 13.2. The summed E-state index contributed by atoms with van der Waals surface area (Å²) in [6.45, 7) is 4.03. The van der Waals surface area contributed by atoms with Crippen LogP contribution in [0.1, 0.15) is 13.8 Å². The van der Waals surface area contributed by atoms with Gasteiger partial charge in [0.15, 0.2) is 0 Å². The number of benzene rings is 2. The minimum Gasteiger partial charge on any atom is -0.280 e. The fourth-order valence-electron chi connectivity index (χ4n) is 2.31. The molecule has 0 aliphatic heterocycles. The Hall–Kier alpha value is -2.04. The first-order chi connectivity index (χ1) is 12.1. The Labute approximate surface area is 151 Å². The number of rotatable bonds is 7. The highest BCUT2D eigenvalue weighted by atomic mass is 32.2. The van der Waals surface area contributed by atoms with E-state index in [1.54, 1.807) is 13.8 Å². The van der Waals surface area contributed by atoms with Crippen molar-refractivity contribution in [2.45, 2.75) is 23.6 Å². The molecule has 0 radical (unpaired) electrons. The quantitative estimate of drug-likeness (QED) is 0.769. The summed E-state index contributed by atoms with van der Waals surface area (Å²) in [7, 11) is -7.89. The molecule has 2 rings (SSSR count). The van der Waals surface area contributed by atoms with Crippen LogP contribution in [0.5, 0.6) is 0 Å². The number of halogens is 2. The standard InChI is InChI=1S/C16H18F2N2O4S2/c1-3-20(4-2)26(23,24)15-7-5-14(6-8-15)19-25(21,22)16-10-12(17)9-13(18)11-16/h5-11,19H,3-4H2,1-2H3. The zero-order chi connectivity index (χ0) is 19.5. The maximum Gasteiger partial charge on any atom is 0.262 e. The summed E-state index contributed by atoms with van der Waals surface area (Å²) in [5.41, 5.74) is 0.0631. The van der Waals surface area contributed by atoms with Gasteiger partial charge in [-0.05, 0) is 36.4 Å². The van der Waals surface area contributed by atoms with E-state index in [-0.39, 0.29) is 10.6 Å². The molecule has 10 heteroatoms. The van der Waals surface area contributed by atoms with Gasteiger partial charge in [-0.1, -0.05) is 13.8 Å². The van der Waals surface area contributed by atoms with Gasteiger partial charge in [-0.2, -0.15) is 4.31 Å². The van der Waals surface area contributed by atoms with Gasteiger partial charge >= 0.3 is 0 Å². The van der Waals surface area contributed by atoms with Crippen LogP contribution in [0.25, 0.3) is 0 Å². The number of anilines is 1. The SMILES string of the molecule is CCN(CC)S(=O)(=O)c1ccc(NS(=O)(=O)c2cc(F)cc(F)c2)cc1. The fourth-order valence-corrected chi connectivity index (χ4v) is 4.86. The monoisotopic (exact) mass is 404 g/mol. The Morgan fingerprint density at radius 1 is 0.846 bits per heavy atom. The second kappa shape index (κ2) is 7.68. The van der Waals surface area contributed by atoms with Crippen LogP contribution in [0.15, 0.2) is 52.3 Å². The van der Waals surface area contributed by atoms with Gasteiger partial charge in [-0.15, -0.1) is 0 Å². The molecule has 6 nitrogen and oxygen atoms in total. The van der Waals surface area contributed by atoms with E-state index in [1.165, 1.54) is 28.6 Å². The van der Waals surface area contributed by atoms with E-state index in [0.29, 0.717) is 31.3 Å². The summed E-state index contributed by atoms with van der Waals surface area (Å²) in [5, 5.41) is 0. The Morgan fingerprint density at radius 2 is 1.35 bits per heavy atom. The third-order valence-corrected chi connectivity index (χ3v) is 7.02.